The summed E-state index contributed by atoms with van der Waals surface area (Å²) in [4.78, 5) is 8.47. The second-order valence-electron chi connectivity index (χ2n) is 5.57. The summed E-state index contributed by atoms with van der Waals surface area (Å²) in [5.41, 5.74) is 1.90. The molecule has 3 heterocycles. The molecule has 4 aromatic rings. The third-order valence-corrected chi connectivity index (χ3v) is 4.71. The molecule has 6 nitrogen and oxygen atoms in total. The quantitative estimate of drug-likeness (QED) is 0.501. The number of pyridine rings is 2. The molecule has 4 rings (SSSR count). The fourth-order valence-corrected chi connectivity index (χ4v) is 3.43. The van der Waals surface area contributed by atoms with Crippen LogP contribution < -0.4 is 4.74 Å². The van der Waals surface area contributed by atoms with Crippen molar-refractivity contribution in [2.75, 3.05) is 6.61 Å². The van der Waals surface area contributed by atoms with Crippen LogP contribution in [-0.4, -0.2) is 31.3 Å². The second-order valence-corrected chi connectivity index (χ2v) is 6.56. The minimum atomic E-state index is 0.634. The van der Waals surface area contributed by atoms with E-state index >= 15 is 0 Å². The number of aromatic nitrogens is 5. The highest BCUT2D eigenvalue weighted by atomic mass is 32.2. The van der Waals surface area contributed by atoms with Gasteiger partial charge in [-0.25, -0.2) is 4.98 Å². The normalized spacial score (nSPS) is 10.7. The van der Waals surface area contributed by atoms with E-state index in [1.54, 1.807) is 18.6 Å². The highest BCUT2D eigenvalue weighted by Gasteiger charge is 2.17. The van der Waals surface area contributed by atoms with E-state index in [-0.39, 0.29) is 0 Å². The van der Waals surface area contributed by atoms with Crippen LogP contribution in [-0.2, 0) is 0 Å². The maximum atomic E-state index is 5.55. The van der Waals surface area contributed by atoms with Gasteiger partial charge in [-0.3, -0.25) is 9.55 Å². The molecule has 134 valence electrons. The molecule has 0 aliphatic heterocycles. The first-order chi connectivity index (χ1) is 13.3. The lowest BCUT2D eigenvalue weighted by Gasteiger charge is -2.11. The Balaban J connectivity index is 1.79. The molecule has 1 aromatic carbocycles. The number of nitrogens with zero attached hydrogens (tertiary/aromatic N) is 5. The average Bonchev–Trinajstić information content (AvgIpc) is 3.14. The summed E-state index contributed by atoms with van der Waals surface area (Å²) >= 11 is 1.47. The monoisotopic (exact) mass is 375 g/mol. The van der Waals surface area contributed by atoms with Crippen LogP contribution in [0, 0.1) is 0 Å². The van der Waals surface area contributed by atoms with E-state index < -0.39 is 0 Å². The smallest absolute Gasteiger partial charge is 0.202 e. The predicted molar refractivity (Wildman–Crippen MR) is 104 cm³/mol. The first-order valence-electron chi connectivity index (χ1n) is 8.53. The average molecular weight is 375 g/mol. The third-order valence-electron chi connectivity index (χ3n) is 3.81. The highest BCUT2D eigenvalue weighted by molar-refractivity contribution is 7.99. The van der Waals surface area contributed by atoms with Crippen molar-refractivity contribution < 1.29 is 4.74 Å². The standard InChI is InChI=1S/C20H17N5OS/c1-2-26-17-8-6-16(7-9-17)25-19(15-10-13-21-14-11-15)23-24-20(25)27-18-5-3-4-12-22-18/h3-14H,2H2,1H3. The predicted octanol–water partition coefficient (Wildman–Crippen LogP) is 4.27. The molecule has 0 bridgehead atoms. The highest BCUT2D eigenvalue weighted by Crippen LogP contribution is 2.31. The summed E-state index contributed by atoms with van der Waals surface area (Å²) in [6.45, 7) is 2.60. The van der Waals surface area contributed by atoms with Crippen molar-refractivity contribution in [2.24, 2.45) is 0 Å². The number of benzene rings is 1. The molecule has 0 saturated heterocycles. The Labute approximate surface area is 161 Å². The molecule has 0 unspecified atom stereocenters. The van der Waals surface area contributed by atoms with Gasteiger partial charge in [0.15, 0.2) is 5.82 Å². The van der Waals surface area contributed by atoms with Crippen molar-refractivity contribution in [3.63, 3.8) is 0 Å². The maximum absolute atomic E-state index is 5.55. The van der Waals surface area contributed by atoms with Crippen LogP contribution in [0.5, 0.6) is 5.75 Å². The molecule has 3 aromatic heterocycles. The van der Waals surface area contributed by atoms with Gasteiger partial charge in [-0.2, -0.15) is 0 Å². The third kappa shape index (κ3) is 3.83. The molecule has 0 aliphatic rings. The first-order valence-corrected chi connectivity index (χ1v) is 9.34. The van der Waals surface area contributed by atoms with Crippen molar-refractivity contribution in [3.05, 3.63) is 73.2 Å². The molecule has 0 aliphatic carbocycles. The second kappa shape index (κ2) is 8.01. The number of rotatable bonds is 6. The minimum absolute atomic E-state index is 0.634. The lowest BCUT2D eigenvalue weighted by molar-refractivity contribution is 0.340. The molecule has 0 fully saturated rings. The molecule has 0 N–H and O–H groups in total. The van der Waals surface area contributed by atoms with Crippen molar-refractivity contribution in [1.82, 2.24) is 24.7 Å². The van der Waals surface area contributed by atoms with Gasteiger partial charge in [-0.1, -0.05) is 6.07 Å². The Morgan fingerprint density at radius 1 is 0.926 bits per heavy atom. The van der Waals surface area contributed by atoms with Crippen LogP contribution in [0.4, 0.5) is 0 Å². The molecular formula is C20H17N5OS. The number of ether oxygens (including phenoxy) is 1. The Bertz CT molecular complexity index is 1000. The van der Waals surface area contributed by atoms with Gasteiger partial charge >= 0.3 is 0 Å². The van der Waals surface area contributed by atoms with Gasteiger partial charge in [0.05, 0.1) is 12.3 Å². The van der Waals surface area contributed by atoms with E-state index in [4.69, 9.17) is 4.74 Å². The van der Waals surface area contributed by atoms with Crippen LogP contribution in [0.3, 0.4) is 0 Å². The zero-order valence-electron chi connectivity index (χ0n) is 14.7. The van der Waals surface area contributed by atoms with Crippen LogP contribution in [0.1, 0.15) is 6.92 Å². The van der Waals surface area contributed by atoms with E-state index in [2.05, 4.69) is 20.2 Å². The van der Waals surface area contributed by atoms with Gasteiger partial charge in [-0.05, 0) is 67.2 Å². The van der Waals surface area contributed by atoms with Crippen molar-refractivity contribution in [1.29, 1.82) is 0 Å². The maximum Gasteiger partial charge on any atom is 0.202 e. The minimum Gasteiger partial charge on any atom is -0.494 e. The van der Waals surface area contributed by atoms with Crippen LogP contribution in [0.2, 0.25) is 0 Å². The Kier molecular flexibility index (Phi) is 5.11. The van der Waals surface area contributed by atoms with E-state index in [1.807, 2.05) is 66.1 Å². The Morgan fingerprint density at radius 2 is 1.74 bits per heavy atom. The van der Waals surface area contributed by atoms with Gasteiger partial charge in [0, 0.05) is 24.2 Å². The SMILES string of the molecule is CCOc1ccc(-n2c(Sc3ccccn3)nnc2-c2ccncc2)cc1. The van der Waals surface area contributed by atoms with Crippen molar-refractivity contribution in [3.8, 4) is 22.8 Å². The number of hydrogen-bond donors (Lipinski definition) is 0. The molecule has 0 amide bonds. The lowest BCUT2D eigenvalue weighted by Crippen LogP contribution is -2.00. The zero-order valence-corrected chi connectivity index (χ0v) is 15.5. The molecule has 0 atom stereocenters. The van der Waals surface area contributed by atoms with E-state index in [1.165, 1.54) is 11.8 Å². The molecule has 7 heteroatoms. The Morgan fingerprint density at radius 3 is 2.44 bits per heavy atom. The molecule has 27 heavy (non-hydrogen) atoms. The van der Waals surface area contributed by atoms with E-state index in [9.17, 15) is 0 Å². The van der Waals surface area contributed by atoms with Gasteiger partial charge in [0.1, 0.15) is 10.8 Å². The van der Waals surface area contributed by atoms with E-state index in [0.717, 1.165) is 33.0 Å². The van der Waals surface area contributed by atoms with Crippen LogP contribution in [0.15, 0.2) is 83.4 Å². The summed E-state index contributed by atoms with van der Waals surface area (Å²) in [6.07, 6.45) is 5.26. The Hall–Kier alpha value is -3.19. The van der Waals surface area contributed by atoms with Crippen LogP contribution in [0.25, 0.3) is 17.1 Å². The summed E-state index contributed by atoms with van der Waals surface area (Å²) in [7, 11) is 0. The fourth-order valence-electron chi connectivity index (χ4n) is 2.62. The summed E-state index contributed by atoms with van der Waals surface area (Å²) in [5.74, 6) is 1.58. The van der Waals surface area contributed by atoms with Gasteiger partial charge in [0.25, 0.3) is 0 Å². The zero-order chi connectivity index (χ0) is 18.5. The fraction of sp³-hybridized carbons (Fsp3) is 0.100. The molecule has 0 spiro atoms. The van der Waals surface area contributed by atoms with E-state index in [0.29, 0.717) is 6.61 Å². The van der Waals surface area contributed by atoms with Crippen molar-refractivity contribution >= 4 is 11.8 Å². The van der Waals surface area contributed by atoms with Gasteiger partial charge in [-0.15, -0.1) is 10.2 Å². The molecular weight excluding hydrogens is 358 g/mol. The van der Waals surface area contributed by atoms with Gasteiger partial charge in [0.2, 0.25) is 5.16 Å². The summed E-state index contributed by atoms with van der Waals surface area (Å²) in [6, 6.07) is 17.5. The van der Waals surface area contributed by atoms with Crippen LogP contribution >= 0.6 is 11.8 Å². The number of hydrogen-bond acceptors (Lipinski definition) is 6. The van der Waals surface area contributed by atoms with Crippen molar-refractivity contribution in [2.45, 2.75) is 17.1 Å². The largest absolute Gasteiger partial charge is 0.494 e. The first kappa shape index (κ1) is 17.2. The summed E-state index contributed by atoms with van der Waals surface area (Å²) in [5, 5.41) is 10.4. The summed E-state index contributed by atoms with van der Waals surface area (Å²) < 4.78 is 7.57. The lowest BCUT2D eigenvalue weighted by atomic mass is 10.2. The topological polar surface area (TPSA) is 65.7 Å². The molecule has 0 saturated carbocycles. The van der Waals surface area contributed by atoms with Gasteiger partial charge < -0.3 is 4.74 Å². The molecule has 0 radical (unpaired) electrons.